The summed E-state index contributed by atoms with van der Waals surface area (Å²) < 4.78 is 18.9. The van der Waals surface area contributed by atoms with Crippen LogP contribution in [-0.2, 0) is 16.1 Å². The predicted molar refractivity (Wildman–Crippen MR) is 72.1 cm³/mol. The van der Waals surface area contributed by atoms with Gasteiger partial charge in [-0.25, -0.2) is 9.18 Å². The predicted octanol–water partition coefficient (Wildman–Crippen LogP) is 0.791. The Bertz CT molecular complexity index is 762. The highest BCUT2D eigenvalue weighted by Crippen LogP contribution is 2.16. The first-order chi connectivity index (χ1) is 10.5. The van der Waals surface area contributed by atoms with E-state index in [-0.39, 0.29) is 43.6 Å². The summed E-state index contributed by atoms with van der Waals surface area (Å²) in [5.41, 5.74) is 0.463. The first-order valence-electron chi connectivity index (χ1n) is 6.71. The van der Waals surface area contributed by atoms with Gasteiger partial charge in [0, 0.05) is 24.9 Å². The zero-order chi connectivity index (χ0) is 15.7. The van der Waals surface area contributed by atoms with E-state index in [0.29, 0.717) is 5.56 Å². The average molecular weight is 305 g/mol. The van der Waals surface area contributed by atoms with Crippen LogP contribution < -0.4 is 5.76 Å². The maximum atomic E-state index is 12.9. The molecule has 0 radical (unpaired) electrons. The van der Waals surface area contributed by atoms with Gasteiger partial charge in [0.2, 0.25) is 17.7 Å². The number of amides is 2. The molecular formula is C14H12FN3O4. The number of imide groups is 1. The summed E-state index contributed by atoms with van der Waals surface area (Å²) in [4.78, 5) is 35.8. The molecule has 2 heterocycles. The zero-order valence-electron chi connectivity index (χ0n) is 11.5. The monoisotopic (exact) mass is 305 g/mol. The number of likely N-dealkylation sites (tertiary alicyclic amines) is 1. The Kier molecular flexibility index (Phi) is 3.58. The molecule has 1 saturated heterocycles. The number of aromatic nitrogens is 2. The van der Waals surface area contributed by atoms with Crippen LogP contribution in [0.3, 0.4) is 0 Å². The molecule has 7 nitrogen and oxygen atoms in total. The highest BCUT2D eigenvalue weighted by molar-refractivity contribution is 6.01. The molecule has 2 aromatic rings. The van der Waals surface area contributed by atoms with Crippen LogP contribution in [0.5, 0.6) is 0 Å². The minimum absolute atomic E-state index is 0.0566. The van der Waals surface area contributed by atoms with Gasteiger partial charge in [-0.15, -0.1) is 5.10 Å². The van der Waals surface area contributed by atoms with Crippen molar-refractivity contribution in [3.05, 3.63) is 40.6 Å². The standard InChI is InChI=1S/C14H12FN3O4/c15-10-3-1-9(2-4-10)13-16-18(14(21)22-13)8-7-17-11(19)5-6-12(17)20/h1-4H,5-8H2. The molecule has 0 spiro atoms. The molecule has 8 heteroatoms. The molecule has 0 N–H and O–H groups in total. The van der Waals surface area contributed by atoms with Crippen LogP contribution in [0.4, 0.5) is 4.39 Å². The minimum Gasteiger partial charge on any atom is -0.388 e. The number of rotatable bonds is 4. The molecule has 1 aromatic heterocycles. The second-order valence-corrected chi connectivity index (χ2v) is 4.84. The maximum absolute atomic E-state index is 12.9. The van der Waals surface area contributed by atoms with E-state index in [1.807, 2.05) is 0 Å². The lowest BCUT2D eigenvalue weighted by atomic mass is 10.2. The molecule has 0 bridgehead atoms. The molecule has 1 aliphatic rings. The topological polar surface area (TPSA) is 85.4 Å². The molecule has 1 aromatic carbocycles. The van der Waals surface area contributed by atoms with Gasteiger partial charge in [-0.1, -0.05) is 0 Å². The molecule has 0 saturated carbocycles. The fourth-order valence-corrected chi connectivity index (χ4v) is 2.22. The van der Waals surface area contributed by atoms with E-state index in [2.05, 4.69) is 5.10 Å². The van der Waals surface area contributed by atoms with Crippen molar-refractivity contribution in [2.24, 2.45) is 0 Å². The van der Waals surface area contributed by atoms with E-state index in [0.717, 1.165) is 9.58 Å². The van der Waals surface area contributed by atoms with E-state index in [4.69, 9.17) is 4.42 Å². The van der Waals surface area contributed by atoms with Crippen molar-refractivity contribution >= 4 is 11.8 Å². The summed E-state index contributed by atoms with van der Waals surface area (Å²) in [6.45, 7) is 0.133. The summed E-state index contributed by atoms with van der Waals surface area (Å²) in [5.74, 6) is -1.54. The Balaban J connectivity index is 1.75. The summed E-state index contributed by atoms with van der Waals surface area (Å²) in [7, 11) is 0. The highest BCUT2D eigenvalue weighted by Gasteiger charge is 2.28. The maximum Gasteiger partial charge on any atom is 0.437 e. The molecule has 0 atom stereocenters. The Morgan fingerprint density at radius 1 is 1.05 bits per heavy atom. The lowest BCUT2D eigenvalue weighted by molar-refractivity contribution is -0.138. The number of benzene rings is 1. The Hall–Kier alpha value is -2.77. The third-order valence-corrected chi connectivity index (χ3v) is 3.39. The number of carbonyl (C=O) groups excluding carboxylic acids is 2. The van der Waals surface area contributed by atoms with Crippen LogP contribution in [-0.4, -0.2) is 33.0 Å². The van der Waals surface area contributed by atoms with Gasteiger partial charge in [-0.05, 0) is 24.3 Å². The smallest absolute Gasteiger partial charge is 0.388 e. The molecule has 0 aliphatic carbocycles. The van der Waals surface area contributed by atoms with E-state index < -0.39 is 11.6 Å². The summed E-state index contributed by atoms with van der Waals surface area (Å²) in [5, 5.41) is 3.99. The van der Waals surface area contributed by atoms with E-state index in [1.54, 1.807) is 0 Å². The Morgan fingerprint density at radius 3 is 2.32 bits per heavy atom. The zero-order valence-corrected chi connectivity index (χ0v) is 11.5. The molecule has 3 rings (SSSR count). The van der Waals surface area contributed by atoms with Gasteiger partial charge in [-0.2, -0.15) is 4.68 Å². The number of hydrogen-bond donors (Lipinski definition) is 0. The summed E-state index contributed by atoms with van der Waals surface area (Å²) in [6, 6.07) is 5.35. The Labute approximate surface area is 123 Å². The molecular weight excluding hydrogens is 293 g/mol. The van der Waals surface area contributed by atoms with Gasteiger partial charge in [-0.3, -0.25) is 14.5 Å². The molecule has 1 aliphatic heterocycles. The van der Waals surface area contributed by atoms with Gasteiger partial charge in [0.05, 0.1) is 6.54 Å². The fraction of sp³-hybridized carbons (Fsp3) is 0.286. The fourth-order valence-electron chi connectivity index (χ4n) is 2.22. The van der Waals surface area contributed by atoms with Crippen molar-refractivity contribution in [1.29, 1.82) is 0 Å². The van der Waals surface area contributed by atoms with Crippen molar-refractivity contribution in [3.63, 3.8) is 0 Å². The third kappa shape index (κ3) is 2.67. The molecule has 1 fully saturated rings. The van der Waals surface area contributed by atoms with E-state index in [1.165, 1.54) is 24.3 Å². The molecule has 114 valence electrons. The van der Waals surface area contributed by atoms with Crippen molar-refractivity contribution in [1.82, 2.24) is 14.7 Å². The van der Waals surface area contributed by atoms with E-state index in [9.17, 15) is 18.8 Å². The highest BCUT2D eigenvalue weighted by atomic mass is 19.1. The average Bonchev–Trinajstić information content (AvgIpc) is 3.01. The summed E-state index contributed by atoms with van der Waals surface area (Å²) >= 11 is 0. The van der Waals surface area contributed by atoms with Gasteiger partial charge in [0.25, 0.3) is 0 Å². The van der Waals surface area contributed by atoms with Crippen LogP contribution in [0.15, 0.2) is 33.5 Å². The first kappa shape index (κ1) is 14.2. The molecule has 0 unspecified atom stereocenters. The van der Waals surface area contributed by atoms with Gasteiger partial charge in [0.15, 0.2) is 0 Å². The quantitative estimate of drug-likeness (QED) is 0.780. The van der Waals surface area contributed by atoms with Crippen molar-refractivity contribution < 1.29 is 18.4 Å². The van der Waals surface area contributed by atoms with E-state index >= 15 is 0 Å². The second kappa shape index (κ2) is 5.55. The number of hydrogen-bond acceptors (Lipinski definition) is 5. The second-order valence-electron chi connectivity index (χ2n) is 4.84. The van der Waals surface area contributed by atoms with Gasteiger partial charge >= 0.3 is 5.76 Å². The van der Waals surface area contributed by atoms with Gasteiger partial charge < -0.3 is 4.42 Å². The number of carbonyl (C=O) groups is 2. The lowest BCUT2D eigenvalue weighted by Crippen LogP contribution is -2.34. The summed E-state index contributed by atoms with van der Waals surface area (Å²) in [6.07, 6.45) is 0.404. The SMILES string of the molecule is O=C1CCC(=O)N1CCn1nc(-c2ccc(F)cc2)oc1=O. The normalized spacial score (nSPS) is 14.9. The van der Waals surface area contributed by atoms with Crippen LogP contribution in [0.2, 0.25) is 0 Å². The van der Waals surface area contributed by atoms with Crippen LogP contribution in [0.1, 0.15) is 12.8 Å². The third-order valence-electron chi connectivity index (χ3n) is 3.39. The van der Waals surface area contributed by atoms with Crippen LogP contribution in [0, 0.1) is 5.82 Å². The molecule has 22 heavy (non-hydrogen) atoms. The van der Waals surface area contributed by atoms with Crippen LogP contribution in [0.25, 0.3) is 11.5 Å². The van der Waals surface area contributed by atoms with Crippen molar-refractivity contribution in [2.75, 3.05) is 6.54 Å². The lowest BCUT2D eigenvalue weighted by Gasteiger charge is -2.12. The molecule has 2 amide bonds. The first-order valence-corrected chi connectivity index (χ1v) is 6.71. The van der Waals surface area contributed by atoms with Crippen LogP contribution >= 0.6 is 0 Å². The minimum atomic E-state index is -0.696. The number of halogens is 1. The number of nitrogens with zero attached hydrogens (tertiary/aromatic N) is 3. The largest absolute Gasteiger partial charge is 0.437 e. The van der Waals surface area contributed by atoms with Gasteiger partial charge in [0.1, 0.15) is 5.82 Å². The van der Waals surface area contributed by atoms with Crippen molar-refractivity contribution in [3.8, 4) is 11.5 Å². The van der Waals surface area contributed by atoms with Crippen molar-refractivity contribution in [2.45, 2.75) is 19.4 Å². The Morgan fingerprint density at radius 2 is 1.68 bits per heavy atom.